The fraction of sp³-hybridized carbons (Fsp3) is 0.133. The Morgan fingerprint density at radius 1 is 1.25 bits per heavy atom. The van der Waals surface area contributed by atoms with Crippen LogP contribution in [-0.4, -0.2) is 23.0 Å². The summed E-state index contributed by atoms with van der Waals surface area (Å²) in [5.74, 6) is -0.627. The van der Waals surface area contributed by atoms with E-state index >= 15 is 0 Å². The van der Waals surface area contributed by atoms with Crippen molar-refractivity contribution in [2.75, 3.05) is 7.05 Å². The van der Waals surface area contributed by atoms with Gasteiger partial charge in [-0.15, -0.1) is 0 Å². The summed E-state index contributed by atoms with van der Waals surface area (Å²) in [7, 11) is 1.65. The van der Waals surface area contributed by atoms with Crippen LogP contribution in [0, 0.1) is 5.82 Å². The number of phenols is 1. The molecule has 0 aliphatic rings. The van der Waals surface area contributed by atoms with Gasteiger partial charge in [-0.1, -0.05) is 23.7 Å². The summed E-state index contributed by atoms with van der Waals surface area (Å²) in [6.07, 6.45) is 0. The molecule has 1 N–H and O–H groups in total. The van der Waals surface area contributed by atoms with Crippen LogP contribution in [0.5, 0.6) is 5.75 Å². The first-order valence-corrected chi connectivity index (χ1v) is 6.33. The zero-order chi connectivity index (χ0) is 14.7. The van der Waals surface area contributed by atoms with Crippen molar-refractivity contribution in [2.24, 2.45) is 0 Å². The molecule has 0 bridgehead atoms. The molecule has 20 heavy (non-hydrogen) atoms. The van der Waals surface area contributed by atoms with Crippen LogP contribution < -0.4 is 0 Å². The first kappa shape index (κ1) is 14.3. The van der Waals surface area contributed by atoms with Crippen LogP contribution in [0.15, 0.2) is 42.5 Å². The van der Waals surface area contributed by atoms with Gasteiger partial charge in [-0.25, -0.2) is 4.39 Å². The lowest BCUT2D eigenvalue weighted by Gasteiger charge is -2.17. The van der Waals surface area contributed by atoms with Crippen molar-refractivity contribution < 1.29 is 14.3 Å². The van der Waals surface area contributed by atoms with Gasteiger partial charge in [-0.2, -0.15) is 0 Å². The molecule has 0 aliphatic carbocycles. The summed E-state index contributed by atoms with van der Waals surface area (Å²) in [6, 6.07) is 10.5. The zero-order valence-electron chi connectivity index (χ0n) is 10.8. The highest BCUT2D eigenvalue weighted by atomic mass is 35.5. The van der Waals surface area contributed by atoms with E-state index < -0.39 is 5.82 Å². The number of benzene rings is 2. The van der Waals surface area contributed by atoms with E-state index in [1.54, 1.807) is 31.3 Å². The Kier molecular flexibility index (Phi) is 4.25. The lowest BCUT2D eigenvalue weighted by atomic mass is 10.1. The minimum absolute atomic E-state index is 0.0751. The maximum atomic E-state index is 13.1. The van der Waals surface area contributed by atoms with E-state index in [9.17, 15) is 14.3 Å². The molecule has 0 spiro atoms. The second kappa shape index (κ2) is 5.92. The van der Waals surface area contributed by atoms with Crippen molar-refractivity contribution >= 4 is 17.5 Å². The minimum atomic E-state index is -0.551. The molecule has 5 heteroatoms. The summed E-state index contributed by atoms with van der Waals surface area (Å²) < 4.78 is 13.1. The quantitative estimate of drug-likeness (QED) is 0.941. The van der Waals surface area contributed by atoms with Crippen LogP contribution in [-0.2, 0) is 6.54 Å². The minimum Gasteiger partial charge on any atom is -0.508 e. The maximum Gasteiger partial charge on any atom is 0.253 e. The van der Waals surface area contributed by atoms with Crippen LogP contribution in [0.3, 0.4) is 0 Å². The summed E-state index contributed by atoms with van der Waals surface area (Å²) in [5, 5.41) is 9.13. The van der Waals surface area contributed by atoms with Crippen LogP contribution in [0.4, 0.5) is 4.39 Å². The lowest BCUT2D eigenvalue weighted by Crippen LogP contribution is -2.26. The molecule has 2 rings (SSSR count). The maximum absolute atomic E-state index is 13.1. The van der Waals surface area contributed by atoms with E-state index in [1.807, 2.05) is 0 Å². The van der Waals surface area contributed by atoms with Crippen molar-refractivity contribution in [3.8, 4) is 5.75 Å². The number of amides is 1. The molecule has 0 heterocycles. The third-order valence-corrected chi connectivity index (χ3v) is 3.16. The molecule has 0 saturated carbocycles. The van der Waals surface area contributed by atoms with Gasteiger partial charge in [0, 0.05) is 19.2 Å². The van der Waals surface area contributed by atoms with Crippen molar-refractivity contribution in [3.63, 3.8) is 0 Å². The SMILES string of the molecule is CN(Cc1ccc(O)cc1)C(=O)c1ccc(F)c(Cl)c1. The van der Waals surface area contributed by atoms with Crippen LogP contribution in [0.1, 0.15) is 15.9 Å². The van der Waals surface area contributed by atoms with E-state index in [2.05, 4.69) is 0 Å². The van der Waals surface area contributed by atoms with E-state index in [0.717, 1.165) is 5.56 Å². The van der Waals surface area contributed by atoms with Gasteiger partial charge >= 0.3 is 0 Å². The van der Waals surface area contributed by atoms with Crippen LogP contribution in [0.2, 0.25) is 5.02 Å². The van der Waals surface area contributed by atoms with E-state index in [-0.39, 0.29) is 16.7 Å². The van der Waals surface area contributed by atoms with Crippen molar-refractivity contribution in [3.05, 3.63) is 64.4 Å². The van der Waals surface area contributed by atoms with Gasteiger partial charge in [0.25, 0.3) is 5.91 Å². The number of nitrogens with zero attached hydrogens (tertiary/aromatic N) is 1. The van der Waals surface area contributed by atoms with Gasteiger partial charge in [-0.05, 0) is 35.9 Å². The topological polar surface area (TPSA) is 40.5 Å². The predicted octanol–water partition coefficient (Wildman–Crippen LogP) is 3.46. The molecule has 2 aromatic carbocycles. The third-order valence-electron chi connectivity index (χ3n) is 2.87. The Balaban J connectivity index is 2.11. The molecule has 0 fully saturated rings. The molecule has 0 aliphatic heterocycles. The Bertz CT molecular complexity index is 628. The van der Waals surface area contributed by atoms with Crippen molar-refractivity contribution in [2.45, 2.75) is 6.54 Å². The summed E-state index contributed by atoms with van der Waals surface area (Å²) in [4.78, 5) is 13.7. The predicted molar refractivity (Wildman–Crippen MR) is 75.3 cm³/mol. The number of aromatic hydroxyl groups is 1. The highest BCUT2D eigenvalue weighted by molar-refractivity contribution is 6.31. The lowest BCUT2D eigenvalue weighted by molar-refractivity contribution is 0.0785. The standard InChI is InChI=1S/C15H13ClFNO2/c1-18(9-10-2-5-12(19)6-3-10)15(20)11-4-7-14(17)13(16)8-11/h2-8,19H,9H2,1H3. The average Bonchev–Trinajstić information content (AvgIpc) is 2.43. The molecule has 0 saturated heterocycles. The second-order valence-electron chi connectivity index (χ2n) is 4.46. The Morgan fingerprint density at radius 2 is 1.90 bits per heavy atom. The van der Waals surface area contributed by atoms with Gasteiger partial charge in [-0.3, -0.25) is 4.79 Å². The number of carbonyl (C=O) groups excluding carboxylic acids is 1. The smallest absolute Gasteiger partial charge is 0.253 e. The number of rotatable bonds is 3. The first-order valence-electron chi connectivity index (χ1n) is 5.96. The molecule has 3 nitrogen and oxygen atoms in total. The zero-order valence-corrected chi connectivity index (χ0v) is 11.6. The largest absolute Gasteiger partial charge is 0.508 e. The number of hydrogen-bond acceptors (Lipinski definition) is 2. The fourth-order valence-electron chi connectivity index (χ4n) is 1.80. The molecule has 0 aromatic heterocycles. The Labute approximate surface area is 121 Å². The Morgan fingerprint density at radius 3 is 2.50 bits per heavy atom. The highest BCUT2D eigenvalue weighted by Gasteiger charge is 2.13. The van der Waals surface area contributed by atoms with Gasteiger partial charge in [0.2, 0.25) is 0 Å². The number of carbonyl (C=O) groups is 1. The molecule has 104 valence electrons. The normalized spacial score (nSPS) is 10.3. The monoisotopic (exact) mass is 293 g/mol. The van der Waals surface area contributed by atoms with Crippen molar-refractivity contribution in [1.82, 2.24) is 4.90 Å². The molecular formula is C15H13ClFNO2. The van der Waals surface area contributed by atoms with E-state index in [4.69, 9.17) is 11.6 Å². The number of phenolic OH excluding ortho intramolecular Hbond substituents is 1. The molecule has 1 amide bonds. The highest BCUT2D eigenvalue weighted by Crippen LogP contribution is 2.18. The third kappa shape index (κ3) is 3.27. The summed E-state index contributed by atoms with van der Waals surface area (Å²) >= 11 is 5.67. The average molecular weight is 294 g/mol. The number of hydrogen-bond donors (Lipinski definition) is 1. The van der Waals surface area contributed by atoms with Gasteiger partial charge in [0.05, 0.1) is 5.02 Å². The molecule has 0 atom stereocenters. The number of halogens is 2. The summed E-state index contributed by atoms with van der Waals surface area (Å²) in [6.45, 7) is 0.383. The van der Waals surface area contributed by atoms with Gasteiger partial charge < -0.3 is 10.0 Å². The molecule has 0 unspecified atom stereocenters. The van der Waals surface area contributed by atoms with Crippen molar-refractivity contribution in [1.29, 1.82) is 0 Å². The molecule has 0 radical (unpaired) electrons. The summed E-state index contributed by atoms with van der Waals surface area (Å²) in [5.41, 5.74) is 1.21. The van der Waals surface area contributed by atoms with E-state index in [0.29, 0.717) is 12.1 Å². The van der Waals surface area contributed by atoms with Gasteiger partial charge in [0.15, 0.2) is 0 Å². The van der Waals surface area contributed by atoms with Gasteiger partial charge in [0.1, 0.15) is 11.6 Å². The van der Waals surface area contributed by atoms with E-state index in [1.165, 1.54) is 23.1 Å². The fourth-order valence-corrected chi connectivity index (χ4v) is 1.98. The first-order chi connectivity index (χ1) is 9.47. The molecule has 2 aromatic rings. The molecular weight excluding hydrogens is 281 g/mol. The second-order valence-corrected chi connectivity index (χ2v) is 4.86. The Hall–Kier alpha value is -2.07. The van der Waals surface area contributed by atoms with Crippen LogP contribution in [0.25, 0.3) is 0 Å². The van der Waals surface area contributed by atoms with Crippen LogP contribution >= 0.6 is 11.6 Å².